The van der Waals surface area contributed by atoms with Crippen LogP contribution in [0.3, 0.4) is 0 Å². The number of ether oxygens (including phenoxy) is 1. The number of fused-ring (bicyclic) bond motifs is 1. The first-order valence-corrected chi connectivity index (χ1v) is 10.2. The van der Waals surface area contributed by atoms with Gasteiger partial charge in [-0.25, -0.2) is 0 Å². The van der Waals surface area contributed by atoms with E-state index in [1.54, 1.807) is 30.3 Å². The third kappa shape index (κ3) is 4.74. The van der Waals surface area contributed by atoms with Crippen LogP contribution in [0, 0.1) is 31.6 Å². The summed E-state index contributed by atoms with van der Waals surface area (Å²) in [6, 6.07) is 25.4. The fraction of sp³-hybridized carbons (Fsp3) is 0.0385. The molecule has 4 aromatic rings. The van der Waals surface area contributed by atoms with Gasteiger partial charge in [0.2, 0.25) is 0 Å². The Morgan fingerprint density at radius 2 is 1.59 bits per heavy atom. The number of hydrogen-bond acceptors (Lipinski definition) is 6. The lowest BCUT2D eigenvalue weighted by atomic mass is 9.98. The monoisotopic (exact) mass is 451 g/mol. The summed E-state index contributed by atoms with van der Waals surface area (Å²) in [5, 5.41) is 33.8. The van der Waals surface area contributed by atoms with Crippen molar-refractivity contribution in [3.63, 3.8) is 0 Å². The number of hydrogen-bond donors (Lipinski definition) is 0. The number of allylic oxidation sites excluding steroid dienone is 1. The molecule has 0 radical (unpaired) electrons. The molecule has 0 fully saturated rings. The molecular formula is C26H17N3O5. The molecule has 0 aromatic heterocycles. The quantitative estimate of drug-likeness (QED) is 0.141. The van der Waals surface area contributed by atoms with Gasteiger partial charge in [0.25, 0.3) is 11.4 Å². The highest BCUT2D eigenvalue weighted by Gasteiger charge is 2.13. The Balaban J connectivity index is 1.78. The van der Waals surface area contributed by atoms with Gasteiger partial charge in [-0.15, -0.1) is 0 Å². The first-order valence-electron chi connectivity index (χ1n) is 10.2. The van der Waals surface area contributed by atoms with Crippen LogP contribution in [0.2, 0.25) is 0 Å². The van der Waals surface area contributed by atoms with Crippen LogP contribution in [0.4, 0.5) is 11.4 Å². The minimum absolute atomic E-state index is 0.0304. The standard InChI is InChI=1S/C26H17N3O5/c27-16-21(20-7-4-9-23(14-20)29(32)33)15-25-24-10-2-1-6-19(24)11-12-26(25)34-17-18-5-3-8-22(13-18)28(30)31/h1-15H,17H2. The van der Waals surface area contributed by atoms with Crippen LogP contribution in [0.1, 0.15) is 16.7 Å². The Labute approximate surface area is 194 Å². The third-order valence-corrected chi connectivity index (χ3v) is 5.22. The minimum atomic E-state index is -0.510. The van der Waals surface area contributed by atoms with Gasteiger partial charge in [-0.05, 0) is 34.0 Å². The van der Waals surface area contributed by atoms with Gasteiger partial charge in [0.05, 0.1) is 21.5 Å². The molecule has 166 valence electrons. The fourth-order valence-electron chi connectivity index (χ4n) is 3.58. The Morgan fingerprint density at radius 1 is 0.882 bits per heavy atom. The molecule has 0 atom stereocenters. The predicted molar refractivity (Wildman–Crippen MR) is 128 cm³/mol. The molecule has 8 heteroatoms. The van der Waals surface area contributed by atoms with Crippen molar-refractivity contribution in [2.24, 2.45) is 0 Å². The molecular weight excluding hydrogens is 434 g/mol. The van der Waals surface area contributed by atoms with Gasteiger partial charge in [0.1, 0.15) is 12.4 Å². The molecule has 0 aliphatic heterocycles. The zero-order valence-electron chi connectivity index (χ0n) is 17.8. The van der Waals surface area contributed by atoms with Crippen molar-refractivity contribution in [1.82, 2.24) is 0 Å². The van der Waals surface area contributed by atoms with Crippen LogP contribution in [0.5, 0.6) is 5.75 Å². The highest BCUT2D eigenvalue weighted by atomic mass is 16.6. The van der Waals surface area contributed by atoms with Gasteiger partial charge < -0.3 is 4.74 Å². The summed E-state index contributed by atoms with van der Waals surface area (Å²) in [4.78, 5) is 21.3. The van der Waals surface area contributed by atoms with Gasteiger partial charge in [-0.3, -0.25) is 20.2 Å². The molecule has 0 aliphatic carbocycles. The average Bonchev–Trinajstić information content (AvgIpc) is 2.86. The Bertz CT molecular complexity index is 1490. The molecule has 0 saturated heterocycles. The third-order valence-electron chi connectivity index (χ3n) is 5.22. The van der Waals surface area contributed by atoms with Crippen molar-refractivity contribution in [3.8, 4) is 11.8 Å². The summed E-state index contributed by atoms with van der Waals surface area (Å²) in [7, 11) is 0. The van der Waals surface area contributed by atoms with E-state index < -0.39 is 9.85 Å². The van der Waals surface area contributed by atoms with E-state index in [1.807, 2.05) is 30.3 Å². The number of nitro benzene ring substituents is 2. The number of nitrogens with zero attached hydrogens (tertiary/aromatic N) is 3. The van der Waals surface area contributed by atoms with Crippen LogP contribution < -0.4 is 4.74 Å². The van der Waals surface area contributed by atoms with Crippen molar-refractivity contribution in [2.45, 2.75) is 6.61 Å². The minimum Gasteiger partial charge on any atom is -0.488 e. The van der Waals surface area contributed by atoms with Crippen molar-refractivity contribution >= 4 is 33.8 Å². The summed E-state index contributed by atoms with van der Waals surface area (Å²) >= 11 is 0. The fourth-order valence-corrected chi connectivity index (χ4v) is 3.58. The topological polar surface area (TPSA) is 119 Å². The smallest absolute Gasteiger partial charge is 0.270 e. The summed E-state index contributed by atoms with van der Waals surface area (Å²) < 4.78 is 6.02. The maximum atomic E-state index is 11.2. The Kier molecular flexibility index (Phi) is 6.28. The van der Waals surface area contributed by atoms with E-state index in [2.05, 4.69) is 6.07 Å². The first-order chi connectivity index (χ1) is 16.5. The SMILES string of the molecule is N#CC(=Cc1c(OCc2cccc([N+](=O)[O-])c2)ccc2ccccc12)c1cccc([N+](=O)[O-])c1. The van der Waals surface area contributed by atoms with Crippen LogP contribution in [-0.2, 0) is 6.61 Å². The van der Waals surface area contributed by atoms with Crippen LogP contribution in [0.15, 0.2) is 84.9 Å². The molecule has 0 heterocycles. The zero-order valence-corrected chi connectivity index (χ0v) is 17.8. The van der Waals surface area contributed by atoms with Crippen LogP contribution in [-0.4, -0.2) is 9.85 Å². The molecule has 0 aliphatic rings. The lowest BCUT2D eigenvalue weighted by Crippen LogP contribution is -1.99. The molecule has 0 N–H and O–H groups in total. The molecule has 4 rings (SSSR count). The van der Waals surface area contributed by atoms with E-state index in [0.717, 1.165) is 10.8 Å². The summed E-state index contributed by atoms with van der Waals surface area (Å²) in [6.45, 7) is 0.0829. The second-order valence-electron chi connectivity index (χ2n) is 7.39. The molecule has 0 bridgehead atoms. The van der Waals surface area contributed by atoms with E-state index in [9.17, 15) is 25.5 Å². The molecule has 0 saturated carbocycles. The Morgan fingerprint density at radius 3 is 2.32 bits per heavy atom. The van der Waals surface area contributed by atoms with E-state index in [4.69, 9.17) is 4.74 Å². The highest BCUT2D eigenvalue weighted by molar-refractivity contribution is 6.00. The second-order valence-corrected chi connectivity index (χ2v) is 7.39. The summed E-state index contributed by atoms with van der Waals surface area (Å²) in [5.74, 6) is 0.475. The van der Waals surface area contributed by atoms with Gasteiger partial charge in [0, 0.05) is 29.8 Å². The molecule has 0 spiro atoms. The largest absolute Gasteiger partial charge is 0.488 e. The van der Waals surface area contributed by atoms with Gasteiger partial charge in [-0.1, -0.05) is 54.6 Å². The van der Waals surface area contributed by atoms with E-state index >= 15 is 0 Å². The predicted octanol–water partition coefficient (Wildman–Crippen LogP) is 6.30. The van der Waals surface area contributed by atoms with Crippen LogP contribution >= 0.6 is 0 Å². The molecule has 0 amide bonds. The van der Waals surface area contributed by atoms with Gasteiger partial charge in [0.15, 0.2) is 0 Å². The van der Waals surface area contributed by atoms with Crippen molar-refractivity contribution in [1.29, 1.82) is 5.26 Å². The van der Waals surface area contributed by atoms with Gasteiger partial charge in [-0.2, -0.15) is 5.26 Å². The van der Waals surface area contributed by atoms with E-state index in [-0.39, 0.29) is 23.6 Å². The van der Waals surface area contributed by atoms with Crippen molar-refractivity contribution in [3.05, 3.63) is 122 Å². The van der Waals surface area contributed by atoms with Crippen molar-refractivity contribution in [2.75, 3.05) is 0 Å². The molecule has 0 unspecified atom stereocenters. The average molecular weight is 451 g/mol. The molecule has 8 nitrogen and oxygen atoms in total. The second kappa shape index (κ2) is 9.63. The lowest BCUT2D eigenvalue weighted by molar-refractivity contribution is -0.385. The lowest BCUT2D eigenvalue weighted by Gasteiger charge is -2.13. The number of nitro groups is 2. The number of rotatable bonds is 7. The van der Waals surface area contributed by atoms with Crippen LogP contribution in [0.25, 0.3) is 22.4 Å². The van der Waals surface area contributed by atoms with Crippen molar-refractivity contribution < 1.29 is 14.6 Å². The number of benzene rings is 4. The Hall–Kier alpha value is -5.03. The molecule has 4 aromatic carbocycles. The number of nitriles is 1. The molecule has 34 heavy (non-hydrogen) atoms. The summed E-state index contributed by atoms with van der Waals surface area (Å²) in [5.41, 5.74) is 1.76. The highest BCUT2D eigenvalue weighted by Crippen LogP contribution is 2.33. The van der Waals surface area contributed by atoms with E-state index in [0.29, 0.717) is 22.4 Å². The maximum Gasteiger partial charge on any atom is 0.270 e. The van der Waals surface area contributed by atoms with Gasteiger partial charge >= 0.3 is 0 Å². The first kappa shape index (κ1) is 22.2. The zero-order chi connectivity index (χ0) is 24.1. The maximum absolute atomic E-state index is 11.2. The van der Waals surface area contributed by atoms with E-state index in [1.165, 1.54) is 30.3 Å². The number of non-ortho nitro benzene ring substituents is 2. The normalized spacial score (nSPS) is 11.1. The summed E-state index contributed by atoms with van der Waals surface area (Å²) in [6.07, 6.45) is 1.64.